The highest BCUT2D eigenvalue weighted by Crippen LogP contribution is 2.35. The van der Waals surface area contributed by atoms with Crippen molar-refractivity contribution in [2.45, 2.75) is 16.3 Å². The lowest BCUT2D eigenvalue weighted by atomic mass is 10.2. The van der Waals surface area contributed by atoms with Crippen LogP contribution in [0.2, 0.25) is 0 Å². The summed E-state index contributed by atoms with van der Waals surface area (Å²) in [5.74, 6) is 0.659. The zero-order chi connectivity index (χ0) is 13.7. The van der Waals surface area contributed by atoms with E-state index >= 15 is 0 Å². The third-order valence-corrected chi connectivity index (χ3v) is 3.83. The molecule has 2 aromatic rings. The van der Waals surface area contributed by atoms with Gasteiger partial charge in [0, 0.05) is 16.3 Å². The molecule has 2 rings (SSSR count). The van der Waals surface area contributed by atoms with Crippen molar-refractivity contribution in [3.8, 4) is 11.5 Å². The standard InChI is InChI=1S/C15H17NO2S/c1-16-10-11-5-3-4-6-15(11)19-12-7-8-13(17)14(9-12)18-2/h3-9,16-17H,10H2,1-2H3. The second kappa shape index (κ2) is 6.50. The maximum Gasteiger partial charge on any atom is 0.161 e. The van der Waals surface area contributed by atoms with E-state index in [1.54, 1.807) is 24.9 Å². The third kappa shape index (κ3) is 3.43. The molecule has 0 fully saturated rings. The minimum Gasteiger partial charge on any atom is -0.504 e. The van der Waals surface area contributed by atoms with Crippen molar-refractivity contribution in [2.24, 2.45) is 0 Å². The molecule has 0 aliphatic rings. The maximum atomic E-state index is 9.60. The highest BCUT2D eigenvalue weighted by atomic mass is 32.2. The average molecular weight is 275 g/mol. The molecule has 0 saturated carbocycles. The van der Waals surface area contributed by atoms with E-state index in [4.69, 9.17) is 4.74 Å². The van der Waals surface area contributed by atoms with Crippen LogP contribution in [0.4, 0.5) is 0 Å². The molecule has 0 aliphatic carbocycles. The van der Waals surface area contributed by atoms with Crippen LogP contribution in [0.5, 0.6) is 11.5 Å². The number of phenols is 1. The van der Waals surface area contributed by atoms with E-state index in [0.717, 1.165) is 11.4 Å². The van der Waals surface area contributed by atoms with Crippen molar-refractivity contribution < 1.29 is 9.84 Å². The Hall–Kier alpha value is -1.65. The van der Waals surface area contributed by atoms with Gasteiger partial charge in [-0.25, -0.2) is 0 Å². The Morgan fingerprint density at radius 1 is 1.21 bits per heavy atom. The van der Waals surface area contributed by atoms with Crippen molar-refractivity contribution in [1.82, 2.24) is 5.32 Å². The summed E-state index contributed by atoms with van der Waals surface area (Å²) in [4.78, 5) is 2.24. The van der Waals surface area contributed by atoms with Gasteiger partial charge < -0.3 is 15.2 Å². The van der Waals surface area contributed by atoms with Gasteiger partial charge in [-0.3, -0.25) is 0 Å². The largest absolute Gasteiger partial charge is 0.504 e. The number of nitrogens with one attached hydrogen (secondary N) is 1. The van der Waals surface area contributed by atoms with Crippen molar-refractivity contribution in [2.75, 3.05) is 14.2 Å². The second-order valence-electron chi connectivity index (χ2n) is 4.07. The highest BCUT2D eigenvalue weighted by molar-refractivity contribution is 7.99. The number of benzene rings is 2. The summed E-state index contributed by atoms with van der Waals surface area (Å²) in [6.45, 7) is 0.832. The topological polar surface area (TPSA) is 41.5 Å². The molecule has 0 saturated heterocycles. The Bertz CT molecular complexity index is 558. The fraction of sp³-hybridized carbons (Fsp3) is 0.200. The summed E-state index contributed by atoms with van der Waals surface area (Å²) in [6.07, 6.45) is 0. The molecule has 2 N–H and O–H groups in total. The molecule has 0 radical (unpaired) electrons. The molecule has 0 bridgehead atoms. The number of hydrogen-bond acceptors (Lipinski definition) is 4. The number of ether oxygens (including phenoxy) is 1. The van der Waals surface area contributed by atoms with Crippen LogP contribution < -0.4 is 10.1 Å². The number of phenolic OH excluding ortho intramolecular Hbond substituents is 1. The quantitative estimate of drug-likeness (QED) is 0.878. The molecule has 0 heterocycles. The summed E-state index contributed by atoms with van der Waals surface area (Å²) in [5.41, 5.74) is 1.25. The minimum absolute atomic E-state index is 0.162. The number of aromatic hydroxyl groups is 1. The van der Waals surface area contributed by atoms with Crippen LogP contribution in [0.15, 0.2) is 52.3 Å². The number of methoxy groups -OCH3 is 1. The summed E-state index contributed by atoms with van der Waals surface area (Å²) >= 11 is 1.66. The van der Waals surface area contributed by atoms with Gasteiger partial charge in [0.2, 0.25) is 0 Å². The van der Waals surface area contributed by atoms with E-state index in [1.165, 1.54) is 10.5 Å². The van der Waals surface area contributed by atoms with E-state index in [-0.39, 0.29) is 5.75 Å². The summed E-state index contributed by atoms with van der Waals surface area (Å²) in [5, 5.41) is 12.8. The molecular weight excluding hydrogens is 258 g/mol. The monoisotopic (exact) mass is 275 g/mol. The molecule has 100 valence electrons. The summed E-state index contributed by atoms with van der Waals surface area (Å²) < 4.78 is 5.13. The lowest BCUT2D eigenvalue weighted by molar-refractivity contribution is 0.372. The van der Waals surface area contributed by atoms with E-state index in [1.807, 2.05) is 31.3 Å². The van der Waals surface area contributed by atoms with E-state index in [0.29, 0.717) is 5.75 Å². The summed E-state index contributed by atoms with van der Waals surface area (Å²) in [7, 11) is 3.49. The molecule has 19 heavy (non-hydrogen) atoms. The molecule has 0 atom stereocenters. The molecule has 3 nitrogen and oxygen atoms in total. The van der Waals surface area contributed by atoms with Gasteiger partial charge in [-0.2, -0.15) is 0 Å². The van der Waals surface area contributed by atoms with Gasteiger partial charge in [0.05, 0.1) is 7.11 Å². The van der Waals surface area contributed by atoms with Gasteiger partial charge in [-0.05, 0) is 36.9 Å². The molecule has 0 unspecified atom stereocenters. The van der Waals surface area contributed by atoms with Crippen molar-refractivity contribution in [1.29, 1.82) is 0 Å². The van der Waals surface area contributed by atoms with Crippen LogP contribution in [0, 0.1) is 0 Å². The zero-order valence-electron chi connectivity index (χ0n) is 11.0. The smallest absolute Gasteiger partial charge is 0.161 e. The first-order valence-electron chi connectivity index (χ1n) is 6.02. The van der Waals surface area contributed by atoms with Crippen LogP contribution in [0.25, 0.3) is 0 Å². The second-order valence-corrected chi connectivity index (χ2v) is 5.19. The molecular formula is C15H17NO2S. The lowest BCUT2D eigenvalue weighted by Crippen LogP contribution is -2.05. The SMILES string of the molecule is CNCc1ccccc1Sc1ccc(O)c(OC)c1. The number of rotatable bonds is 5. The predicted molar refractivity (Wildman–Crippen MR) is 78.0 cm³/mol. The Balaban J connectivity index is 2.26. The van der Waals surface area contributed by atoms with Gasteiger partial charge in [-0.1, -0.05) is 30.0 Å². The Labute approximate surface area is 117 Å². The molecule has 2 aromatic carbocycles. The average Bonchev–Trinajstić information content (AvgIpc) is 2.43. The van der Waals surface area contributed by atoms with Crippen LogP contribution in [0.3, 0.4) is 0 Å². The Morgan fingerprint density at radius 3 is 2.74 bits per heavy atom. The molecule has 0 aromatic heterocycles. The third-order valence-electron chi connectivity index (χ3n) is 2.72. The fourth-order valence-corrected chi connectivity index (χ4v) is 2.76. The van der Waals surface area contributed by atoms with E-state index in [9.17, 15) is 5.11 Å². The van der Waals surface area contributed by atoms with Gasteiger partial charge >= 0.3 is 0 Å². The van der Waals surface area contributed by atoms with Crippen molar-refractivity contribution in [3.05, 3.63) is 48.0 Å². The van der Waals surface area contributed by atoms with Crippen LogP contribution >= 0.6 is 11.8 Å². The number of hydrogen-bond donors (Lipinski definition) is 2. The van der Waals surface area contributed by atoms with Crippen molar-refractivity contribution in [3.63, 3.8) is 0 Å². The molecule has 0 amide bonds. The fourth-order valence-electron chi connectivity index (χ4n) is 1.79. The van der Waals surface area contributed by atoms with Crippen molar-refractivity contribution >= 4 is 11.8 Å². The van der Waals surface area contributed by atoms with Gasteiger partial charge in [0.25, 0.3) is 0 Å². The first kappa shape index (κ1) is 13.8. The predicted octanol–water partition coefficient (Wildman–Crippen LogP) is 3.27. The lowest BCUT2D eigenvalue weighted by Gasteiger charge is -2.10. The first-order valence-corrected chi connectivity index (χ1v) is 6.83. The highest BCUT2D eigenvalue weighted by Gasteiger charge is 2.06. The van der Waals surface area contributed by atoms with Crippen LogP contribution in [-0.2, 0) is 6.54 Å². The minimum atomic E-state index is 0.162. The normalized spacial score (nSPS) is 10.4. The van der Waals surface area contributed by atoms with E-state index < -0.39 is 0 Å². The molecule has 0 spiro atoms. The van der Waals surface area contributed by atoms with Crippen LogP contribution in [-0.4, -0.2) is 19.3 Å². The van der Waals surface area contributed by atoms with E-state index in [2.05, 4.69) is 17.4 Å². The first-order chi connectivity index (χ1) is 9.24. The van der Waals surface area contributed by atoms with Gasteiger partial charge in [0.1, 0.15) is 0 Å². The zero-order valence-corrected chi connectivity index (χ0v) is 11.8. The Morgan fingerprint density at radius 2 is 2.00 bits per heavy atom. The van der Waals surface area contributed by atoms with Crippen LogP contribution in [0.1, 0.15) is 5.56 Å². The van der Waals surface area contributed by atoms with Gasteiger partial charge in [-0.15, -0.1) is 0 Å². The Kier molecular flexibility index (Phi) is 4.71. The molecule has 0 aliphatic heterocycles. The molecule has 4 heteroatoms. The maximum absolute atomic E-state index is 9.60. The van der Waals surface area contributed by atoms with Gasteiger partial charge in [0.15, 0.2) is 11.5 Å². The summed E-state index contributed by atoms with van der Waals surface area (Å²) in [6, 6.07) is 13.6.